The van der Waals surface area contributed by atoms with Crippen LogP contribution < -0.4 is 0 Å². The van der Waals surface area contributed by atoms with Gasteiger partial charge in [0.2, 0.25) is 0 Å². The maximum absolute atomic E-state index is 12.7. The van der Waals surface area contributed by atoms with E-state index in [1.807, 2.05) is 0 Å². The van der Waals surface area contributed by atoms with E-state index in [1.165, 1.54) is 0 Å². The number of carboxylic acids is 2. The first kappa shape index (κ1) is 30.7. The average molecular weight is 778 g/mol. The van der Waals surface area contributed by atoms with Gasteiger partial charge in [-0.25, -0.2) is 0 Å². The molecule has 3 rings (SSSR count). The van der Waals surface area contributed by atoms with Crippen molar-refractivity contribution in [2.45, 2.75) is 50.4 Å². The van der Waals surface area contributed by atoms with Crippen molar-refractivity contribution in [1.29, 1.82) is 0 Å². The Hall–Kier alpha value is -1.88. The van der Waals surface area contributed by atoms with Gasteiger partial charge in [0.05, 0.1) is 19.8 Å². The van der Waals surface area contributed by atoms with Crippen molar-refractivity contribution in [3.05, 3.63) is 88.7 Å². The number of hydrogen-bond donors (Lipinski definition) is 4. The molecule has 0 fully saturated rings. The summed E-state index contributed by atoms with van der Waals surface area (Å²) in [5.41, 5.74) is -0.804. The van der Waals surface area contributed by atoms with Gasteiger partial charge in [-0.1, -0.05) is 70.0 Å². The second-order valence-electron chi connectivity index (χ2n) is 9.20. The summed E-state index contributed by atoms with van der Waals surface area (Å²) >= 11 is 13.4. The van der Waals surface area contributed by atoms with Gasteiger partial charge in [-0.05, 0) is 104 Å². The molecule has 0 bridgehead atoms. The van der Waals surface area contributed by atoms with Crippen molar-refractivity contribution in [2.75, 3.05) is 0 Å². The molecule has 0 aromatic heterocycles. The third-order valence-electron chi connectivity index (χ3n) is 7.21. The zero-order valence-corrected chi connectivity index (χ0v) is 26.9. The number of phenols is 2. The minimum Gasteiger partial charge on any atom is -0.506 e. The number of carbonyl (C=O) groups is 2. The van der Waals surface area contributed by atoms with Crippen molar-refractivity contribution in [3.8, 4) is 11.5 Å². The van der Waals surface area contributed by atoms with E-state index in [-0.39, 0.29) is 37.2 Å². The molecule has 2 unspecified atom stereocenters. The van der Waals surface area contributed by atoms with E-state index in [0.29, 0.717) is 40.1 Å². The quantitative estimate of drug-likeness (QED) is 0.166. The van der Waals surface area contributed by atoms with E-state index in [0.717, 1.165) is 0 Å². The number of rotatable bonds is 10. The van der Waals surface area contributed by atoms with E-state index in [1.54, 1.807) is 62.4 Å². The van der Waals surface area contributed by atoms with Gasteiger partial charge in [-0.2, -0.15) is 0 Å². The molecular weight excluding hydrogens is 752 g/mol. The number of phenolic OH excluding ortho intramolecular Hbond substituents is 2. The average Bonchev–Trinajstić information content (AvgIpc) is 2.86. The first-order chi connectivity index (χ1) is 17.8. The van der Waals surface area contributed by atoms with Gasteiger partial charge in [0.25, 0.3) is 0 Å². The van der Waals surface area contributed by atoms with Crippen LogP contribution in [0.3, 0.4) is 0 Å². The Morgan fingerprint density at radius 3 is 1.24 bits per heavy atom. The molecule has 0 amide bonds. The van der Waals surface area contributed by atoms with Gasteiger partial charge in [-0.15, -0.1) is 0 Å². The van der Waals surface area contributed by atoms with Crippen molar-refractivity contribution < 1.29 is 30.0 Å². The Kier molecular flexibility index (Phi) is 9.77. The van der Waals surface area contributed by atoms with Crippen LogP contribution in [0, 0.1) is 0 Å². The summed E-state index contributed by atoms with van der Waals surface area (Å²) < 4.78 is 2.28. The maximum atomic E-state index is 12.7. The van der Waals surface area contributed by atoms with Crippen molar-refractivity contribution >= 4 is 75.7 Å². The van der Waals surface area contributed by atoms with Crippen LogP contribution in [0.1, 0.15) is 48.9 Å². The van der Waals surface area contributed by atoms with Crippen molar-refractivity contribution in [3.63, 3.8) is 0 Å². The van der Waals surface area contributed by atoms with Crippen LogP contribution >= 0.6 is 63.7 Å². The van der Waals surface area contributed by atoms with E-state index in [9.17, 15) is 30.0 Å². The molecule has 0 saturated carbocycles. The fourth-order valence-corrected chi connectivity index (χ4v) is 7.46. The smallest absolute Gasteiger partial charge is 0.314 e. The molecule has 202 valence electrons. The SMILES string of the molecule is CCC(Cc1cc(Br)cc(Br)c1O)(C(=O)O)c1ccc(C(CC)(Cc2cc(Br)cc(Br)c2O)C(=O)O)cc1. The minimum atomic E-state index is -1.36. The van der Waals surface area contributed by atoms with E-state index >= 15 is 0 Å². The van der Waals surface area contributed by atoms with Crippen LogP contribution in [-0.2, 0) is 33.3 Å². The lowest BCUT2D eigenvalue weighted by Gasteiger charge is -2.32. The second-order valence-corrected chi connectivity index (χ2v) is 12.7. The third-order valence-corrected chi connectivity index (χ3v) is 9.34. The Morgan fingerprint density at radius 1 is 0.658 bits per heavy atom. The number of aliphatic carboxylic acids is 2. The summed E-state index contributed by atoms with van der Waals surface area (Å²) in [6, 6.07) is 13.4. The molecule has 0 heterocycles. The highest BCUT2D eigenvalue weighted by Gasteiger charge is 2.42. The van der Waals surface area contributed by atoms with Crippen LogP contribution in [0.25, 0.3) is 0 Å². The summed E-state index contributed by atoms with van der Waals surface area (Å²) in [6.45, 7) is 3.54. The fourth-order valence-electron chi connectivity index (χ4n) is 4.83. The number of hydrogen-bond acceptors (Lipinski definition) is 4. The Balaban J connectivity index is 2.11. The van der Waals surface area contributed by atoms with Gasteiger partial charge in [-0.3, -0.25) is 9.59 Å². The molecule has 4 N–H and O–H groups in total. The number of benzene rings is 3. The van der Waals surface area contributed by atoms with E-state index in [4.69, 9.17) is 0 Å². The van der Waals surface area contributed by atoms with E-state index < -0.39 is 22.8 Å². The number of halogens is 4. The zero-order valence-electron chi connectivity index (χ0n) is 20.6. The zero-order chi connectivity index (χ0) is 28.4. The summed E-state index contributed by atoms with van der Waals surface area (Å²) in [5.74, 6) is -2.15. The third kappa shape index (κ3) is 5.83. The lowest BCUT2D eigenvalue weighted by molar-refractivity contribution is -0.145. The van der Waals surface area contributed by atoms with E-state index in [2.05, 4.69) is 63.7 Å². The first-order valence-corrected chi connectivity index (χ1v) is 14.9. The highest BCUT2D eigenvalue weighted by Crippen LogP contribution is 2.42. The van der Waals surface area contributed by atoms with Crippen LogP contribution in [-0.4, -0.2) is 32.4 Å². The van der Waals surface area contributed by atoms with Crippen LogP contribution in [0.4, 0.5) is 0 Å². The molecule has 6 nitrogen and oxygen atoms in total. The summed E-state index contributed by atoms with van der Waals surface area (Å²) in [4.78, 5) is 25.4. The second kappa shape index (κ2) is 12.1. The van der Waals surface area contributed by atoms with Crippen molar-refractivity contribution in [1.82, 2.24) is 0 Å². The standard InChI is InChI=1S/C28H26Br4O6/c1-3-27(25(35)36,13-15-9-19(29)11-21(31)23(15)33)17-5-7-18(8-6-17)28(4-2,26(37)38)14-16-10-20(30)12-22(32)24(16)34/h5-12,33-34H,3-4,13-14H2,1-2H3,(H,35,36)(H,37,38). The monoisotopic (exact) mass is 774 g/mol. The van der Waals surface area contributed by atoms with Crippen LogP contribution in [0.2, 0.25) is 0 Å². The molecule has 38 heavy (non-hydrogen) atoms. The van der Waals surface area contributed by atoms with Gasteiger partial charge in [0.1, 0.15) is 11.5 Å². The van der Waals surface area contributed by atoms with Crippen LogP contribution in [0.15, 0.2) is 66.4 Å². The number of carboxylic acid groups (broad SMARTS) is 2. The molecule has 0 aliphatic rings. The first-order valence-electron chi connectivity index (χ1n) is 11.7. The maximum Gasteiger partial charge on any atom is 0.314 e. The normalized spacial score (nSPS) is 14.5. The predicted molar refractivity (Wildman–Crippen MR) is 160 cm³/mol. The number of aromatic hydroxyl groups is 2. The van der Waals surface area contributed by atoms with Gasteiger partial charge >= 0.3 is 11.9 Å². The molecule has 0 saturated heterocycles. The molecule has 3 aromatic rings. The fraction of sp³-hybridized carbons (Fsp3) is 0.286. The largest absolute Gasteiger partial charge is 0.506 e. The van der Waals surface area contributed by atoms with Gasteiger partial charge in [0.15, 0.2) is 0 Å². The molecule has 0 radical (unpaired) electrons. The molecule has 0 aliphatic carbocycles. The molecule has 2 atom stereocenters. The van der Waals surface area contributed by atoms with Gasteiger partial charge in [0, 0.05) is 8.95 Å². The topological polar surface area (TPSA) is 115 Å². The van der Waals surface area contributed by atoms with Crippen LogP contribution in [0.5, 0.6) is 11.5 Å². The molecule has 10 heteroatoms. The molecule has 0 aliphatic heterocycles. The van der Waals surface area contributed by atoms with Gasteiger partial charge < -0.3 is 20.4 Å². The lowest BCUT2D eigenvalue weighted by Crippen LogP contribution is -2.39. The Morgan fingerprint density at radius 2 is 0.974 bits per heavy atom. The summed E-state index contributed by atoms with van der Waals surface area (Å²) in [5, 5.41) is 41.9. The Labute approximate surface area is 254 Å². The highest BCUT2D eigenvalue weighted by atomic mass is 79.9. The minimum absolute atomic E-state index is 0.0276. The molecular formula is C28H26Br4O6. The molecule has 3 aromatic carbocycles. The molecule has 0 spiro atoms. The summed E-state index contributed by atoms with van der Waals surface area (Å²) in [6.07, 6.45) is 0.534. The highest BCUT2D eigenvalue weighted by molar-refractivity contribution is 9.11. The lowest BCUT2D eigenvalue weighted by atomic mass is 9.70. The Bertz CT molecular complexity index is 1270. The van der Waals surface area contributed by atoms with Crippen molar-refractivity contribution in [2.24, 2.45) is 0 Å². The predicted octanol–water partition coefficient (Wildman–Crippen LogP) is 8.10. The summed E-state index contributed by atoms with van der Waals surface area (Å²) in [7, 11) is 0.